The molecule has 0 radical (unpaired) electrons. The third-order valence-corrected chi connectivity index (χ3v) is 9.52. The fourth-order valence-corrected chi connectivity index (χ4v) is 8.25. The second kappa shape index (κ2) is 9.31. The summed E-state index contributed by atoms with van der Waals surface area (Å²) in [5.74, 6) is 2.86. The molecule has 7 nitrogen and oxygen atoms in total. The standard InChI is InChI=1S/C29H30N2O5S/c1-2-36-25-8-5-23(29-14-19-9-20(15-29)11-21(10-19)16-29)12-22(25)13-26-27(32)30(28(33)37-26)17-18-3-6-24(7-4-18)31(34)35/h3-8,12-13,19-21H,2,9-11,14-17H2,1H3/b26-13-. The molecular formula is C29H30N2O5S. The molecule has 2 aromatic carbocycles. The first kappa shape index (κ1) is 24.2. The molecule has 0 unspecified atom stereocenters. The Morgan fingerprint density at radius 2 is 1.70 bits per heavy atom. The van der Waals surface area contributed by atoms with E-state index in [1.807, 2.05) is 13.0 Å². The van der Waals surface area contributed by atoms with E-state index in [2.05, 4.69) is 12.1 Å². The van der Waals surface area contributed by atoms with E-state index in [0.717, 1.165) is 40.8 Å². The minimum atomic E-state index is -0.472. The van der Waals surface area contributed by atoms with E-state index in [-0.39, 0.29) is 28.8 Å². The van der Waals surface area contributed by atoms with E-state index in [1.54, 1.807) is 18.2 Å². The highest BCUT2D eigenvalue weighted by molar-refractivity contribution is 8.18. The minimum absolute atomic E-state index is 0.0276. The van der Waals surface area contributed by atoms with Crippen LogP contribution in [0.3, 0.4) is 0 Å². The topological polar surface area (TPSA) is 89.8 Å². The van der Waals surface area contributed by atoms with Crippen molar-refractivity contribution in [2.75, 3.05) is 6.61 Å². The summed E-state index contributed by atoms with van der Waals surface area (Å²) in [4.78, 5) is 38.0. The number of hydrogen-bond acceptors (Lipinski definition) is 6. The van der Waals surface area contributed by atoms with Crippen LogP contribution in [0.1, 0.15) is 62.1 Å². The molecule has 4 bridgehead atoms. The maximum absolute atomic E-state index is 13.2. The Balaban J connectivity index is 1.28. The van der Waals surface area contributed by atoms with Gasteiger partial charge in [0.1, 0.15) is 5.75 Å². The lowest BCUT2D eigenvalue weighted by Crippen LogP contribution is -2.48. The van der Waals surface area contributed by atoms with Gasteiger partial charge in [-0.3, -0.25) is 24.6 Å². The highest BCUT2D eigenvalue weighted by Crippen LogP contribution is 2.61. The van der Waals surface area contributed by atoms with Crippen LogP contribution in [0, 0.1) is 27.9 Å². The number of imide groups is 1. The van der Waals surface area contributed by atoms with E-state index in [9.17, 15) is 19.7 Å². The van der Waals surface area contributed by atoms with Crippen molar-refractivity contribution in [1.29, 1.82) is 0 Å². The summed E-state index contributed by atoms with van der Waals surface area (Å²) >= 11 is 0.931. The molecule has 0 atom stereocenters. The Hall–Kier alpha value is -3.13. The number of ether oxygens (including phenoxy) is 1. The predicted octanol–water partition coefficient (Wildman–Crippen LogP) is 6.70. The zero-order chi connectivity index (χ0) is 25.7. The van der Waals surface area contributed by atoms with Gasteiger partial charge in [0.25, 0.3) is 16.8 Å². The number of benzene rings is 2. The Morgan fingerprint density at radius 1 is 1.05 bits per heavy atom. The van der Waals surface area contributed by atoms with Crippen molar-refractivity contribution < 1.29 is 19.2 Å². The Labute approximate surface area is 220 Å². The number of nitro benzene ring substituents is 1. The molecule has 1 saturated heterocycles. The number of hydrogen-bond donors (Lipinski definition) is 0. The molecule has 1 heterocycles. The van der Waals surface area contributed by atoms with Gasteiger partial charge in [0.15, 0.2) is 0 Å². The smallest absolute Gasteiger partial charge is 0.293 e. The summed E-state index contributed by atoms with van der Waals surface area (Å²) in [5.41, 5.74) is 3.03. The van der Waals surface area contributed by atoms with Gasteiger partial charge < -0.3 is 4.74 Å². The summed E-state index contributed by atoms with van der Waals surface area (Å²) < 4.78 is 5.92. The molecule has 0 spiro atoms. The molecule has 0 N–H and O–H groups in total. The predicted molar refractivity (Wildman–Crippen MR) is 142 cm³/mol. The average molecular weight is 519 g/mol. The monoisotopic (exact) mass is 518 g/mol. The fourth-order valence-electron chi connectivity index (χ4n) is 7.43. The second-order valence-corrected chi connectivity index (χ2v) is 12.1. The van der Waals surface area contributed by atoms with E-state index in [1.165, 1.54) is 61.1 Å². The largest absolute Gasteiger partial charge is 0.493 e. The van der Waals surface area contributed by atoms with Crippen LogP contribution in [0.2, 0.25) is 0 Å². The average Bonchev–Trinajstić information content (AvgIpc) is 3.12. The highest BCUT2D eigenvalue weighted by Gasteiger charge is 2.51. The van der Waals surface area contributed by atoms with Crippen molar-refractivity contribution in [3.63, 3.8) is 0 Å². The first-order valence-corrected chi connectivity index (χ1v) is 13.9. The minimum Gasteiger partial charge on any atom is -0.493 e. The lowest BCUT2D eigenvalue weighted by atomic mass is 9.48. The van der Waals surface area contributed by atoms with Crippen molar-refractivity contribution in [1.82, 2.24) is 4.90 Å². The maximum atomic E-state index is 13.2. The molecule has 37 heavy (non-hydrogen) atoms. The third-order valence-electron chi connectivity index (χ3n) is 8.61. The molecule has 2 amide bonds. The van der Waals surface area contributed by atoms with Crippen LogP contribution in [0.4, 0.5) is 10.5 Å². The van der Waals surface area contributed by atoms with Gasteiger partial charge in [-0.25, -0.2) is 0 Å². The fraction of sp³-hybridized carbons (Fsp3) is 0.448. The van der Waals surface area contributed by atoms with Gasteiger partial charge in [-0.15, -0.1) is 0 Å². The summed E-state index contributed by atoms with van der Waals surface area (Å²) in [7, 11) is 0. The quantitative estimate of drug-likeness (QED) is 0.230. The van der Waals surface area contributed by atoms with E-state index in [0.29, 0.717) is 17.1 Å². The number of carbonyl (C=O) groups excluding carboxylic acids is 2. The Kier molecular flexibility index (Phi) is 6.10. The number of carbonyl (C=O) groups is 2. The van der Waals surface area contributed by atoms with Crippen LogP contribution in [-0.2, 0) is 16.8 Å². The number of non-ortho nitro benzene ring substituents is 1. The van der Waals surface area contributed by atoms with Gasteiger partial charge in [0.05, 0.1) is 23.0 Å². The SMILES string of the molecule is CCOc1ccc(C23CC4CC(CC(C4)C2)C3)cc1/C=C1\SC(=O)N(Cc2ccc([N+](=O)[O-])cc2)C1=O. The normalized spacial score (nSPS) is 29.4. The van der Waals surface area contributed by atoms with Crippen molar-refractivity contribution >= 4 is 34.7 Å². The molecule has 1 aliphatic heterocycles. The molecule has 5 aliphatic rings. The maximum Gasteiger partial charge on any atom is 0.293 e. The van der Waals surface area contributed by atoms with Gasteiger partial charge in [0.2, 0.25) is 0 Å². The molecule has 4 saturated carbocycles. The molecule has 5 fully saturated rings. The highest BCUT2D eigenvalue weighted by atomic mass is 32.2. The molecule has 2 aromatic rings. The molecule has 8 heteroatoms. The van der Waals surface area contributed by atoms with E-state index >= 15 is 0 Å². The van der Waals surface area contributed by atoms with Gasteiger partial charge >= 0.3 is 0 Å². The van der Waals surface area contributed by atoms with E-state index < -0.39 is 4.92 Å². The van der Waals surface area contributed by atoms with E-state index in [4.69, 9.17) is 4.74 Å². The van der Waals surface area contributed by atoms with Crippen LogP contribution in [-0.4, -0.2) is 27.6 Å². The summed E-state index contributed by atoms with van der Waals surface area (Å²) in [5, 5.41) is 10.6. The molecule has 4 aliphatic carbocycles. The lowest BCUT2D eigenvalue weighted by Gasteiger charge is -2.57. The first-order valence-electron chi connectivity index (χ1n) is 13.1. The van der Waals surface area contributed by atoms with Crippen molar-refractivity contribution in [3.8, 4) is 5.75 Å². The van der Waals surface area contributed by atoms with Gasteiger partial charge in [0, 0.05) is 17.7 Å². The number of thioether (sulfide) groups is 1. The van der Waals surface area contributed by atoms with Gasteiger partial charge in [-0.2, -0.15) is 0 Å². The van der Waals surface area contributed by atoms with Crippen LogP contribution in [0.15, 0.2) is 47.4 Å². The third kappa shape index (κ3) is 4.45. The molecule has 0 aromatic heterocycles. The van der Waals surface area contributed by atoms with Crippen LogP contribution >= 0.6 is 11.8 Å². The number of nitro groups is 1. The number of nitrogens with zero attached hydrogens (tertiary/aromatic N) is 2. The van der Waals surface area contributed by atoms with Crippen LogP contribution in [0.25, 0.3) is 6.08 Å². The van der Waals surface area contributed by atoms with Crippen molar-refractivity contribution in [2.24, 2.45) is 17.8 Å². The second-order valence-electron chi connectivity index (χ2n) is 11.1. The summed E-state index contributed by atoms with van der Waals surface area (Å²) in [6.07, 6.45) is 9.69. The lowest BCUT2D eigenvalue weighted by molar-refractivity contribution is -0.384. The van der Waals surface area contributed by atoms with Gasteiger partial charge in [-0.05, 0) is 110 Å². The summed E-state index contributed by atoms with van der Waals surface area (Å²) in [6, 6.07) is 12.4. The molecular weight excluding hydrogens is 488 g/mol. The summed E-state index contributed by atoms with van der Waals surface area (Å²) in [6.45, 7) is 2.53. The van der Waals surface area contributed by atoms with Crippen LogP contribution in [0.5, 0.6) is 5.75 Å². The van der Waals surface area contributed by atoms with Crippen LogP contribution < -0.4 is 4.74 Å². The zero-order valence-electron chi connectivity index (χ0n) is 20.9. The Morgan fingerprint density at radius 3 is 2.30 bits per heavy atom. The first-order chi connectivity index (χ1) is 17.8. The van der Waals surface area contributed by atoms with Gasteiger partial charge in [-0.1, -0.05) is 18.2 Å². The molecule has 192 valence electrons. The zero-order valence-corrected chi connectivity index (χ0v) is 21.7. The Bertz CT molecular complexity index is 1270. The molecule has 7 rings (SSSR count). The number of amides is 2. The van der Waals surface area contributed by atoms with Crippen molar-refractivity contribution in [3.05, 3.63) is 74.2 Å². The van der Waals surface area contributed by atoms with Crippen molar-refractivity contribution in [2.45, 2.75) is 57.4 Å². The number of rotatable bonds is 7.